The van der Waals surface area contributed by atoms with Gasteiger partial charge in [0.05, 0.1) is 65.1 Å². The quantitative estimate of drug-likeness (QED) is 0.0612. The van der Waals surface area contributed by atoms with Crippen LogP contribution in [0.4, 0.5) is 5.69 Å². The molecule has 9 atom stereocenters. The van der Waals surface area contributed by atoms with Crippen LogP contribution in [0.2, 0.25) is 0 Å². The maximum atomic E-state index is 14.7. The van der Waals surface area contributed by atoms with Gasteiger partial charge in [-0.1, -0.05) is 76.3 Å². The standard InChI is InChI=1S/C53H70N4O12/c1-28-18-17-19-29(2)50(65)55-41-36(24-54-57-27-51(8,9)56(26-52(57,10)11)25-35-20-15-14-16-21-35)45(62)38-39(46(41)63)44(61)33(6)48-40(38)49(64)53(12,69-48)67-23-22-37(66-13)30(3)47(68-34(7)58)32(5)43(60)31(4)42(28)59/h14-24,28,30-32,37,42-43,47,59-63H,25-27H2,1-13H3,(H,55,65)/b18-17+,23-22+,29-19+,54-24-. The molecule has 5 bridgehead atoms. The Hall–Kier alpha value is -5.94. The lowest BCUT2D eigenvalue weighted by Crippen LogP contribution is -2.65. The van der Waals surface area contributed by atoms with E-state index in [0.29, 0.717) is 19.6 Å². The number of amides is 1. The first-order valence-electron chi connectivity index (χ1n) is 23.4. The Morgan fingerprint density at radius 3 is 2.19 bits per heavy atom. The van der Waals surface area contributed by atoms with Crippen molar-refractivity contribution in [2.75, 3.05) is 25.5 Å². The van der Waals surface area contributed by atoms with Crippen LogP contribution in [0.1, 0.15) is 103 Å². The van der Waals surface area contributed by atoms with Crippen molar-refractivity contribution < 1.29 is 58.9 Å². The highest BCUT2D eigenvalue weighted by Gasteiger charge is 2.50. The molecular weight excluding hydrogens is 885 g/mol. The van der Waals surface area contributed by atoms with Gasteiger partial charge in [-0.25, -0.2) is 0 Å². The van der Waals surface area contributed by atoms with Crippen LogP contribution in [-0.4, -0.2) is 121 Å². The van der Waals surface area contributed by atoms with E-state index in [9.17, 15) is 39.9 Å². The summed E-state index contributed by atoms with van der Waals surface area (Å²) in [4.78, 5) is 43.6. The molecule has 4 heterocycles. The number of ether oxygens (including phenoxy) is 4. The molecule has 6 N–H and O–H groups in total. The fourth-order valence-corrected chi connectivity index (χ4v) is 9.71. The van der Waals surface area contributed by atoms with E-state index in [-0.39, 0.29) is 50.0 Å². The summed E-state index contributed by atoms with van der Waals surface area (Å²) in [5.74, 6) is -8.52. The molecule has 7 rings (SSSR count). The number of ketones is 1. The van der Waals surface area contributed by atoms with Gasteiger partial charge in [0.15, 0.2) is 5.75 Å². The van der Waals surface area contributed by atoms with Crippen molar-refractivity contribution in [3.63, 3.8) is 0 Å². The number of hydrogen-bond acceptors (Lipinski definition) is 15. The number of nitrogens with one attached hydrogen (secondary N) is 1. The number of nitrogens with zero attached hydrogens (tertiary/aromatic N) is 3. The molecular formula is C53H70N4O12. The lowest BCUT2D eigenvalue weighted by molar-refractivity contribution is -0.160. The van der Waals surface area contributed by atoms with Gasteiger partial charge in [0.25, 0.3) is 11.7 Å². The average molecular weight is 955 g/mol. The lowest BCUT2D eigenvalue weighted by Gasteiger charge is -2.54. The molecule has 3 aromatic rings. The summed E-state index contributed by atoms with van der Waals surface area (Å²) in [7, 11) is 1.44. The van der Waals surface area contributed by atoms with Crippen LogP contribution in [-0.2, 0) is 30.3 Å². The summed E-state index contributed by atoms with van der Waals surface area (Å²) < 4.78 is 23.9. The molecule has 3 aromatic carbocycles. The van der Waals surface area contributed by atoms with E-state index >= 15 is 0 Å². The van der Waals surface area contributed by atoms with Gasteiger partial charge in [-0.15, -0.1) is 0 Å². The normalized spacial score (nSPS) is 30.7. The minimum atomic E-state index is -2.08. The number of benzene rings is 3. The third kappa shape index (κ3) is 10.4. The zero-order chi connectivity index (χ0) is 51.1. The summed E-state index contributed by atoms with van der Waals surface area (Å²) in [6, 6.07) is 10.2. The number of piperazine rings is 1. The van der Waals surface area contributed by atoms with E-state index in [1.165, 1.54) is 59.4 Å². The van der Waals surface area contributed by atoms with Gasteiger partial charge in [0.1, 0.15) is 23.4 Å². The maximum Gasteiger partial charge on any atom is 0.312 e. The number of carbonyl (C=O) groups excluding carboxylic acids is 3. The summed E-state index contributed by atoms with van der Waals surface area (Å²) in [6.45, 7) is 22.7. The number of phenols is 3. The minimum absolute atomic E-state index is 0.0466. The SMILES string of the molecule is COC1/C=C/OC2(C)Oc3c(C)c(O)c4c(O)c(c(/C=N\N5CC(C)(C)N(Cc6ccccc6)CC5(C)C)c(O)c4c3C2=O)NC(=O)/C(C)=C/C=C/C(C)C(O)C(C)C(O)C(C)C(OC(C)=O)C1C. The average Bonchev–Trinajstić information content (AvgIpc) is 3.56. The van der Waals surface area contributed by atoms with Gasteiger partial charge in [0.2, 0.25) is 0 Å². The topological polar surface area (TPSA) is 220 Å². The van der Waals surface area contributed by atoms with Crippen molar-refractivity contribution >= 4 is 40.3 Å². The molecule has 69 heavy (non-hydrogen) atoms. The van der Waals surface area contributed by atoms with E-state index in [1.807, 2.05) is 37.1 Å². The Labute approximate surface area is 404 Å². The van der Waals surface area contributed by atoms with E-state index in [1.54, 1.807) is 39.8 Å². The number of hydrogen-bond donors (Lipinski definition) is 6. The van der Waals surface area contributed by atoms with Crippen molar-refractivity contribution in [1.29, 1.82) is 0 Å². The Morgan fingerprint density at radius 1 is 0.884 bits per heavy atom. The summed E-state index contributed by atoms with van der Waals surface area (Å²) >= 11 is 0. The molecule has 9 unspecified atom stereocenters. The van der Waals surface area contributed by atoms with Gasteiger partial charge in [-0.05, 0) is 53.2 Å². The number of carbonyl (C=O) groups is 3. The predicted octanol–water partition coefficient (Wildman–Crippen LogP) is 7.46. The first-order valence-corrected chi connectivity index (χ1v) is 23.4. The highest BCUT2D eigenvalue weighted by Crippen LogP contribution is 2.55. The monoisotopic (exact) mass is 954 g/mol. The van der Waals surface area contributed by atoms with Crippen molar-refractivity contribution in [3.8, 4) is 23.0 Å². The smallest absolute Gasteiger partial charge is 0.312 e. The molecule has 16 heteroatoms. The molecule has 4 aliphatic rings. The molecule has 1 amide bonds. The number of aliphatic hydroxyl groups is 2. The maximum absolute atomic E-state index is 14.7. The molecule has 4 aliphatic heterocycles. The number of aliphatic hydroxyl groups excluding tert-OH is 2. The Bertz CT molecular complexity index is 2570. The second-order valence-corrected chi connectivity index (χ2v) is 20.4. The van der Waals surface area contributed by atoms with Crippen LogP contribution in [0.5, 0.6) is 23.0 Å². The Kier molecular flexibility index (Phi) is 15.3. The van der Waals surface area contributed by atoms with Crippen LogP contribution < -0.4 is 10.1 Å². The van der Waals surface area contributed by atoms with Crippen LogP contribution in [0.3, 0.4) is 0 Å². The minimum Gasteiger partial charge on any atom is -0.507 e. The summed E-state index contributed by atoms with van der Waals surface area (Å²) in [5.41, 5.74) is -0.206. The Balaban J connectivity index is 1.51. The number of Topliss-reactive ketones (excluding diaryl/α,β-unsaturated/α-hetero) is 1. The molecule has 374 valence electrons. The fraction of sp³-hybridized carbons (Fsp3) is 0.509. The second kappa shape index (κ2) is 20.2. The van der Waals surface area contributed by atoms with E-state index < -0.39 is 94.3 Å². The number of anilines is 1. The highest BCUT2D eigenvalue weighted by atomic mass is 16.7. The van der Waals surface area contributed by atoms with E-state index in [4.69, 9.17) is 24.0 Å². The molecule has 1 saturated heterocycles. The third-order valence-electron chi connectivity index (χ3n) is 14.2. The molecule has 0 aliphatic carbocycles. The molecule has 16 nitrogen and oxygen atoms in total. The van der Waals surface area contributed by atoms with Crippen LogP contribution in [0.25, 0.3) is 10.8 Å². The van der Waals surface area contributed by atoms with Crippen LogP contribution in [0, 0.1) is 30.6 Å². The van der Waals surface area contributed by atoms with Crippen LogP contribution >= 0.6 is 0 Å². The summed E-state index contributed by atoms with van der Waals surface area (Å²) in [5, 5.41) is 68.5. The number of allylic oxidation sites excluding steroid dienone is 2. The van der Waals surface area contributed by atoms with E-state index in [0.717, 1.165) is 5.56 Å². The van der Waals surface area contributed by atoms with Gasteiger partial charge in [-0.3, -0.25) is 24.3 Å². The highest BCUT2D eigenvalue weighted by molar-refractivity contribution is 6.23. The lowest BCUT2D eigenvalue weighted by atomic mass is 9.78. The number of phenolic OH excluding ortho intramolecular Hbond substituents is 3. The molecule has 0 spiro atoms. The first-order chi connectivity index (χ1) is 32.3. The third-order valence-corrected chi connectivity index (χ3v) is 14.2. The van der Waals surface area contributed by atoms with Crippen molar-refractivity contribution in [2.45, 2.75) is 131 Å². The number of aromatic hydroxyl groups is 3. The van der Waals surface area contributed by atoms with Gasteiger partial charge in [0, 0.05) is 79.8 Å². The number of esters is 1. The predicted molar refractivity (Wildman–Crippen MR) is 263 cm³/mol. The van der Waals surface area contributed by atoms with Crippen molar-refractivity contribution in [1.82, 2.24) is 9.91 Å². The molecule has 1 fully saturated rings. The van der Waals surface area contributed by atoms with Crippen molar-refractivity contribution in [3.05, 3.63) is 88.7 Å². The first kappa shape index (κ1) is 52.4. The fourth-order valence-electron chi connectivity index (χ4n) is 9.71. The molecule has 0 radical (unpaired) electrons. The number of rotatable bonds is 6. The van der Waals surface area contributed by atoms with E-state index in [2.05, 4.69) is 36.2 Å². The van der Waals surface area contributed by atoms with Crippen LogP contribution in [0.15, 0.2) is 71.6 Å². The molecule has 0 saturated carbocycles. The van der Waals surface area contributed by atoms with Crippen molar-refractivity contribution in [2.24, 2.45) is 28.8 Å². The molecule has 0 aromatic heterocycles. The summed E-state index contributed by atoms with van der Waals surface area (Å²) in [6.07, 6.45) is 4.88. The van der Waals surface area contributed by atoms with Gasteiger partial charge in [-0.2, -0.15) is 5.10 Å². The van der Waals surface area contributed by atoms with Gasteiger partial charge >= 0.3 is 11.8 Å². The second-order valence-electron chi connectivity index (χ2n) is 20.4. The zero-order valence-electron chi connectivity index (χ0n) is 42.0. The number of hydrazone groups is 1. The Morgan fingerprint density at radius 2 is 1.55 bits per heavy atom. The van der Waals surface area contributed by atoms with Gasteiger partial charge < -0.3 is 49.8 Å². The number of methoxy groups -OCH3 is 1. The zero-order valence-corrected chi connectivity index (χ0v) is 42.0. The largest absolute Gasteiger partial charge is 0.507 e. The number of fused-ring (bicyclic) bond motifs is 14.